The van der Waals surface area contributed by atoms with Gasteiger partial charge >= 0.3 is 0 Å². The Hall–Kier alpha value is -3.00. The second-order valence-corrected chi connectivity index (χ2v) is 6.49. The van der Waals surface area contributed by atoms with Gasteiger partial charge in [-0.05, 0) is 31.2 Å². The highest BCUT2D eigenvalue weighted by atomic mass is 32.1. The molecule has 7 nitrogen and oxygen atoms in total. The minimum atomic E-state index is -0.157. The molecular weight excluding hydrogens is 350 g/mol. The summed E-state index contributed by atoms with van der Waals surface area (Å²) < 4.78 is 5.71. The van der Waals surface area contributed by atoms with E-state index in [2.05, 4.69) is 25.6 Å². The zero-order valence-electron chi connectivity index (χ0n) is 14.3. The van der Waals surface area contributed by atoms with Gasteiger partial charge in [-0.3, -0.25) is 4.79 Å². The molecule has 0 aliphatic heterocycles. The van der Waals surface area contributed by atoms with Crippen LogP contribution in [0.4, 0.5) is 5.95 Å². The predicted molar refractivity (Wildman–Crippen MR) is 100 cm³/mol. The molecule has 3 rings (SSSR count). The van der Waals surface area contributed by atoms with Crippen LogP contribution in [-0.2, 0) is 6.61 Å². The average molecular weight is 369 g/mol. The van der Waals surface area contributed by atoms with Gasteiger partial charge < -0.3 is 15.4 Å². The van der Waals surface area contributed by atoms with Crippen LogP contribution in [0.2, 0.25) is 0 Å². The highest BCUT2D eigenvalue weighted by molar-refractivity contribution is 7.09. The number of carbonyl (C=O) groups excluding carboxylic acids is 1. The minimum absolute atomic E-state index is 0.157. The average Bonchev–Trinajstić information content (AvgIpc) is 3.10. The molecule has 8 heteroatoms. The van der Waals surface area contributed by atoms with Crippen molar-refractivity contribution in [2.24, 2.45) is 0 Å². The van der Waals surface area contributed by atoms with E-state index >= 15 is 0 Å². The number of aromatic nitrogens is 3. The van der Waals surface area contributed by atoms with Crippen molar-refractivity contribution in [3.63, 3.8) is 0 Å². The molecule has 2 N–H and O–H groups in total. The van der Waals surface area contributed by atoms with E-state index in [0.717, 1.165) is 10.7 Å². The molecule has 0 aliphatic rings. The molecule has 0 unspecified atom stereocenters. The Morgan fingerprint density at radius 3 is 2.81 bits per heavy atom. The topological polar surface area (TPSA) is 89.0 Å². The number of thiazole rings is 1. The predicted octanol–water partition coefficient (Wildman–Crippen LogP) is 2.66. The van der Waals surface area contributed by atoms with Gasteiger partial charge in [0, 0.05) is 36.4 Å². The first-order chi connectivity index (χ1) is 12.7. The molecule has 0 saturated heterocycles. The summed E-state index contributed by atoms with van der Waals surface area (Å²) in [5, 5.41) is 8.86. The van der Waals surface area contributed by atoms with Crippen LogP contribution in [0.25, 0.3) is 0 Å². The van der Waals surface area contributed by atoms with E-state index in [0.29, 0.717) is 37.0 Å². The van der Waals surface area contributed by atoms with Crippen molar-refractivity contribution >= 4 is 23.2 Å². The minimum Gasteiger partial charge on any atom is -0.487 e. The molecule has 2 heterocycles. The number of hydrogen-bond acceptors (Lipinski definition) is 7. The number of rotatable bonds is 8. The summed E-state index contributed by atoms with van der Waals surface area (Å²) in [5.74, 6) is 1.02. The molecule has 0 atom stereocenters. The number of ether oxygens (including phenoxy) is 1. The Labute approximate surface area is 155 Å². The van der Waals surface area contributed by atoms with Crippen LogP contribution < -0.4 is 15.4 Å². The maximum atomic E-state index is 12.2. The third-order valence-electron chi connectivity index (χ3n) is 3.41. The van der Waals surface area contributed by atoms with Crippen molar-refractivity contribution in [2.75, 3.05) is 18.4 Å². The van der Waals surface area contributed by atoms with Gasteiger partial charge in [0.2, 0.25) is 5.95 Å². The number of anilines is 1. The molecule has 2 aromatic heterocycles. The van der Waals surface area contributed by atoms with Crippen LogP contribution in [0.15, 0.2) is 48.1 Å². The fourth-order valence-corrected chi connectivity index (χ4v) is 2.80. The molecule has 0 spiro atoms. The first-order valence-electron chi connectivity index (χ1n) is 8.13. The van der Waals surface area contributed by atoms with Crippen molar-refractivity contribution in [1.82, 2.24) is 20.3 Å². The summed E-state index contributed by atoms with van der Waals surface area (Å²) in [4.78, 5) is 24.7. The van der Waals surface area contributed by atoms with Crippen LogP contribution in [0.5, 0.6) is 5.75 Å². The monoisotopic (exact) mass is 369 g/mol. The lowest BCUT2D eigenvalue weighted by atomic mass is 10.2. The summed E-state index contributed by atoms with van der Waals surface area (Å²) >= 11 is 1.59. The first kappa shape index (κ1) is 17.8. The maximum Gasteiger partial charge on any atom is 0.251 e. The number of nitrogens with one attached hydrogen (secondary N) is 2. The molecule has 26 heavy (non-hydrogen) atoms. The van der Waals surface area contributed by atoms with E-state index in [1.807, 2.05) is 18.4 Å². The van der Waals surface area contributed by atoms with E-state index in [1.165, 1.54) is 0 Å². The van der Waals surface area contributed by atoms with Gasteiger partial charge in [0.25, 0.3) is 5.91 Å². The Bertz CT molecular complexity index is 854. The molecule has 134 valence electrons. The lowest BCUT2D eigenvalue weighted by molar-refractivity contribution is 0.0954. The fraction of sp³-hybridized carbons (Fsp3) is 0.222. The van der Waals surface area contributed by atoms with Crippen LogP contribution in [0, 0.1) is 6.92 Å². The summed E-state index contributed by atoms with van der Waals surface area (Å²) in [6.07, 6.45) is 3.32. The van der Waals surface area contributed by atoms with Gasteiger partial charge in [-0.1, -0.05) is 6.07 Å². The van der Waals surface area contributed by atoms with Crippen LogP contribution in [-0.4, -0.2) is 33.9 Å². The normalized spacial score (nSPS) is 10.3. The zero-order chi connectivity index (χ0) is 18.2. The smallest absolute Gasteiger partial charge is 0.251 e. The van der Waals surface area contributed by atoms with E-state index < -0.39 is 0 Å². The maximum absolute atomic E-state index is 12.2. The number of carbonyl (C=O) groups is 1. The van der Waals surface area contributed by atoms with Gasteiger partial charge in [-0.2, -0.15) is 0 Å². The van der Waals surface area contributed by atoms with Gasteiger partial charge in [0.15, 0.2) is 0 Å². The van der Waals surface area contributed by atoms with E-state index in [9.17, 15) is 4.79 Å². The second-order valence-electron chi connectivity index (χ2n) is 5.43. The molecule has 0 radical (unpaired) electrons. The van der Waals surface area contributed by atoms with E-state index in [4.69, 9.17) is 4.74 Å². The van der Waals surface area contributed by atoms with Gasteiger partial charge in [-0.15, -0.1) is 11.3 Å². The van der Waals surface area contributed by atoms with Crippen LogP contribution in [0.1, 0.15) is 21.1 Å². The molecule has 1 aromatic carbocycles. The van der Waals surface area contributed by atoms with Crippen LogP contribution in [0.3, 0.4) is 0 Å². The van der Waals surface area contributed by atoms with E-state index in [1.54, 1.807) is 48.0 Å². The summed E-state index contributed by atoms with van der Waals surface area (Å²) in [6, 6.07) is 8.85. The standard InChI is InChI=1S/C18H19N5O2S/c1-13-23-15(12-26-13)11-25-16-5-2-4-14(10-16)17(24)19-8-9-22-18-20-6-3-7-21-18/h2-7,10,12H,8-9,11H2,1H3,(H,19,24)(H,20,21,22). The Balaban J connectivity index is 1.46. The van der Waals surface area contributed by atoms with Crippen molar-refractivity contribution < 1.29 is 9.53 Å². The van der Waals surface area contributed by atoms with Gasteiger partial charge in [0.1, 0.15) is 12.4 Å². The summed E-state index contributed by atoms with van der Waals surface area (Å²) in [7, 11) is 0. The number of benzene rings is 1. The largest absolute Gasteiger partial charge is 0.487 e. The molecule has 0 saturated carbocycles. The van der Waals surface area contributed by atoms with Gasteiger partial charge in [-0.25, -0.2) is 15.0 Å². The Morgan fingerprint density at radius 2 is 2.04 bits per heavy atom. The molecule has 1 amide bonds. The lowest BCUT2D eigenvalue weighted by Crippen LogP contribution is -2.29. The third-order valence-corrected chi connectivity index (χ3v) is 4.23. The third kappa shape index (κ3) is 5.25. The Kier molecular flexibility index (Phi) is 6.10. The number of amides is 1. The van der Waals surface area contributed by atoms with Gasteiger partial charge in [0.05, 0.1) is 10.7 Å². The number of nitrogens with zero attached hydrogens (tertiary/aromatic N) is 3. The number of hydrogen-bond donors (Lipinski definition) is 2. The van der Waals surface area contributed by atoms with Crippen molar-refractivity contribution in [3.8, 4) is 5.75 Å². The SMILES string of the molecule is Cc1nc(COc2cccc(C(=O)NCCNc3ncccn3)c2)cs1. The summed E-state index contributed by atoms with van der Waals surface area (Å²) in [6.45, 7) is 3.34. The molecule has 0 aliphatic carbocycles. The highest BCUT2D eigenvalue weighted by Crippen LogP contribution is 2.16. The highest BCUT2D eigenvalue weighted by Gasteiger charge is 2.07. The fourth-order valence-electron chi connectivity index (χ4n) is 2.20. The van der Waals surface area contributed by atoms with Crippen molar-refractivity contribution in [2.45, 2.75) is 13.5 Å². The second kappa shape index (κ2) is 8.91. The molecule has 0 fully saturated rings. The summed E-state index contributed by atoms with van der Waals surface area (Å²) in [5.41, 5.74) is 1.43. The van der Waals surface area contributed by atoms with Crippen LogP contribution >= 0.6 is 11.3 Å². The lowest BCUT2D eigenvalue weighted by Gasteiger charge is -2.08. The van der Waals surface area contributed by atoms with E-state index in [-0.39, 0.29) is 5.91 Å². The van der Waals surface area contributed by atoms with Crippen molar-refractivity contribution in [3.05, 3.63) is 64.4 Å². The quantitative estimate of drug-likeness (QED) is 0.594. The zero-order valence-corrected chi connectivity index (χ0v) is 15.1. The molecular formula is C18H19N5O2S. The number of aryl methyl sites for hydroxylation is 1. The molecule has 0 bridgehead atoms. The van der Waals surface area contributed by atoms with Crippen molar-refractivity contribution in [1.29, 1.82) is 0 Å². The molecule has 3 aromatic rings. The first-order valence-corrected chi connectivity index (χ1v) is 9.01. The Morgan fingerprint density at radius 1 is 1.19 bits per heavy atom.